The molecule has 2 aromatic carbocycles. The first kappa shape index (κ1) is 23.6. The summed E-state index contributed by atoms with van der Waals surface area (Å²) in [5.41, 5.74) is 3.76. The summed E-state index contributed by atoms with van der Waals surface area (Å²) in [6, 6.07) is 13.8. The van der Waals surface area contributed by atoms with Crippen LogP contribution in [-0.4, -0.2) is 53.0 Å². The van der Waals surface area contributed by atoms with Gasteiger partial charge in [-0.05, 0) is 44.0 Å². The second kappa shape index (κ2) is 10.2. The number of nitrogens with one attached hydrogen (secondary N) is 1. The first-order valence-corrected chi connectivity index (χ1v) is 12.1. The standard InChI is InChI=1S/C27H30N6O3/c1-18-4-7-21(8-5-18)33-16-23-25(31-33)29-17-30-26(23)32-12-10-19(11-13-32)27(34)28-15-20-6-9-22(35-2)14-24(20)36-3/h4-9,14,16-17,19H,10-13,15H2,1-3H3,(H,28,34). The first-order chi connectivity index (χ1) is 17.6. The van der Waals surface area contributed by atoms with Crippen LogP contribution in [0.25, 0.3) is 16.7 Å². The lowest BCUT2D eigenvalue weighted by molar-refractivity contribution is -0.125. The molecule has 0 spiro atoms. The van der Waals surface area contributed by atoms with E-state index in [4.69, 9.17) is 9.47 Å². The third-order valence-electron chi connectivity index (χ3n) is 6.71. The fraction of sp³-hybridized carbons (Fsp3) is 0.333. The van der Waals surface area contributed by atoms with Crippen LogP contribution in [0.15, 0.2) is 55.0 Å². The number of ether oxygens (including phenoxy) is 2. The topological polar surface area (TPSA) is 94.4 Å². The third-order valence-corrected chi connectivity index (χ3v) is 6.71. The average Bonchev–Trinajstić information content (AvgIpc) is 3.36. The molecule has 0 atom stereocenters. The molecule has 0 aliphatic carbocycles. The lowest BCUT2D eigenvalue weighted by Gasteiger charge is -2.32. The molecule has 0 bridgehead atoms. The molecule has 0 radical (unpaired) electrons. The Morgan fingerprint density at radius 2 is 1.83 bits per heavy atom. The number of hydrogen-bond acceptors (Lipinski definition) is 7. The number of anilines is 1. The van der Waals surface area contributed by atoms with Crippen molar-refractivity contribution in [3.05, 3.63) is 66.1 Å². The quantitative estimate of drug-likeness (QED) is 0.426. The van der Waals surface area contributed by atoms with Crippen LogP contribution >= 0.6 is 0 Å². The van der Waals surface area contributed by atoms with Crippen molar-refractivity contribution in [2.24, 2.45) is 5.92 Å². The van der Waals surface area contributed by atoms with Gasteiger partial charge >= 0.3 is 0 Å². The Hall–Kier alpha value is -4.14. The van der Waals surface area contributed by atoms with E-state index in [1.165, 1.54) is 5.56 Å². The van der Waals surface area contributed by atoms with Gasteiger partial charge in [0.1, 0.15) is 23.6 Å². The highest BCUT2D eigenvalue weighted by Gasteiger charge is 2.27. The summed E-state index contributed by atoms with van der Waals surface area (Å²) in [5.74, 6) is 2.30. The van der Waals surface area contributed by atoms with Gasteiger partial charge in [0.25, 0.3) is 0 Å². The molecular weight excluding hydrogens is 456 g/mol. The fourth-order valence-electron chi connectivity index (χ4n) is 4.59. The maximum Gasteiger partial charge on any atom is 0.223 e. The Bertz CT molecular complexity index is 1360. The summed E-state index contributed by atoms with van der Waals surface area (Å²) < 4.78 is 12.5. The number of carbonyl (C=O) groups is 1. The van der Waals surface area contributed by atoms with E-state index in [1.807, 2.05) is 41.2 Å². The number of carbonyl (C=O) groups excluding carboxylic acids is 1. The van der Waals surface area contributed by atoms with Gasteiger partial charge in [-0.2, -0.15) is 0 Å². The highest BCUT2D eigenvalue weighted by Crippen LogP contribution is 2.29. The van der Waals surface area contributed by atoms with Gasteiger partial charge in [0.2, 0.25) is 5.91 Å². The monoisotopic (exact) mass is 486 g/mol. The van der Waals surface area contributed by atoms with Crippen LogP contribution in [0.1, 0.15) is 24.0 Å². The van der Waals surface area contributed by atoms with E-state index < -0.39 is 0 Å². The number of nitrogens with zero attached hydrogens (tertiary/aromatic N) is 5. The summed E-state index contributed by atoms with van der Waals surface area (Å²) in [5, 5.41) is 8.63. The van der Waals surface area contributed by atoms with Crippen LogP contribution in [0.5, 0.6) is 11.5 Å². The minimum atomic E-state index is -0.0434. The van der Waals surface area contributed by atoms with Crippen molar-refractivity contribution >= 4 is 22.8 Å². The maximum absolute atomic E-state index is 12.9. The number of fused-ring (bicyclic) bond motifs is 1. The van der Waals surface area contributed by atoms with Gasteiger partial charge in [-0.25, -0.2) is 14.6 Å². The number of benzene rings is 2. The van der Waals surface area contributed by atoms with Gasteiger partial charge in [0.15, 0.2) is 5.65 Å². The summed E-state index contributed by atoms with van der Waals surface area (Å²) >= 11 is 0. The van der Waals surface area contributed by atoms with Crippen LogP contribution in [0.2, 0.25) is 0 Å². The van der Waals surface area contributed by atoms with Crippen LogP contribution in [0.4, 0.5) is 5.82 Å². The summed E-state index contributed by atoms with van der Waals surface area (Å²) in [6.07, 6.45) is 5.05. The summed E-state index contributed by atoms with van der Waals surface area (Å²) in [6.45, 7) is 3.96. The molecule has 9 heteroatoms. The van der Waals surface area contributed by atoms with Gasteiger partial charge in [0, 0.05) is 43.4 Å². The zero-order valence-electron chi connectivity index (χ0n) is 20.8. The largest absolute Gasteiger partial charge is 0.497 e. The van der Waals surface area contributed by atoms with Gasteiger partial charge in [-0.15, -0.1) is 5.10 Å². The normalized spacial score (nSPS) is 14.1. The number of piperidine rings is 1. The number of amides is 1. The molecule has 1 saturated heterocycles. The third kappa shape index (κ3) is 4.82. The molecule has 0 unspecified atom stereocenters. The predicted octanol–water partition coefficient (Wildman–Crippen LogP) is 3.67. The van der Waals surface area contributed by atoms with Gasteiger partial charge in [-0.3, -0.25) is 4.79 Å². The Morgan fingerprint density at radius 3 is 2.56 bits per heavy atom. The molecule has 5 rings (SSSR count). The SMILES string of the molecule is COc1ccc(CNC(=O)C2CCN(c3ncnc4nn(-c5ccc(C)cc5)cc34)CC2)c(OC)c1. The van der Waals surface area contributed by atoms with Crippen LogP contribution in [0.3, 0.4) is 0 Å². The van der Waals surface area contributed by atoms with Crippen molar-refractivity contribution in [1.82, 2.24) is 25.1 Å². The molecule has 0 saturated carbocycles. The van der Waals surface area contributed by atoms with Crippen molar-refractivity contribution in [3.8, 4) is 17.2 Å². The maximum atomic E-state index is 12.9. The van der Waals surface area contributed by atoms with Crippen molar-refractivity contribution < 1.29 is 14.3 Å². The molecule has 186 valence electrons. The second-order valence-corrected chi connectivity index (χ2v) is 9.00. The smallest absolute Gasteiger partial charge is 0.223 e. The van der Waals surface area contributed by atoms with E-state index >= 15 is 0 Å². The van der Waals surface area contributed by atoms with Crippen LogP contribution < -0.4 is 19.7 Å². The van der Waals surface area contributed by atoms with E-state index in [-0.39, 0.29) is 11.8 Å². The molecule has 4 aromatic rings. The second-order valence-electron chi connectivity index (χ2n) is 9.00. The van der Waals surface area contributed by atoms with E-state index in [9.17, 15) is 4.79 Å². The number of aryl methyl sites for hydroxylation is 1. The van der Waals surface area contributed by atoms with Crippen LogP contribution in [0, 0.1) is 12.8 Å². The molecule has 1 aliphatic rings. The number of aromatic nitrogens is 4. The number of hydrogen-bond donors (Lipinski definition) is 1. The lowest BCUT2D eigenvalue weighted by Crippen LogP contribution is -2.40. The molecule has 1 amide bonds. The van der Waals surface area contributed by atoms with Crippen molar-refractivity contribution in [2.75, 3.05) is 32.2 Å². The number of rotatable bonds is 7. The molecule has 1 fully saturated rings. The van der Waals surface area contributed by atoms with Crippen molar-refractivity contribution in [2.45, 2.75) is 26.3 Å². The van der Waals surface area contributed by atoms with Crippen molar-refractivity contribution in [3.63, 3.8) is 0 Å². The molecule has 9 nitrogen and oxygen atoms in total. The van der Waals surface area contributed by atoms with E-state index in [0.717, 1.165) is 54.1 Å². The Balaban J connectivity index is 1.23. The lowest BCUT2D eigenvalue weighted by atomic mass is 9.95. The zero-order valence-corrected chi connectivity index (χ0v) is 20.8. The Kier molecular flexibility index (Phi) is 6.71. The highest BCUT2D eigenvalue weighted by molar-refractivity contribution is 5.87. The highest BCUT2D eigenvalue weighted by atomic mass is 16.5. The Morgan fingerprint density at radius 1 is 1.06 bits per heavy atom. The number of methoxy groups -OCH3 is 2. The van der Waals surface area contributed by atoms with Crippen molar-refractivity contribution in [1.29, 1.82) is 0 Å². The molecular formula is C27H30N6O3. The Labute approximate surface area is 210 Å². The minimum absolute atomic E-state index is 0.0434. The predicted molar refractivity (Wildman–Crippen MR) is 138 cm³/mol. The average molecular weight is 487 g/mol. The van der Waals surface area contributed by atoms with E-state index in [2.05, 4.69) is 44.3 Å². The summed E-state index contributed by atoms with van der Waals surface area (Å²) in [7, 11) is 3.23. The summed E-state index contributed by atoms with van der Waals surface area (Å²) in [4.78, 5) is 24.1. The van der Waals surface area contributed by atoms with Gasteiger partial charge in [0.05, 0.1) is 25.3 Å². The van der Waals surface area contributed by atoms with Gasteiger partial charge < -0.3 is 19.7 Å². The van der Waals surface area contributed by atoms with Gasteiger partial charge in [-0.1, -0.05) is 17.7 Å². The molecule has 1 N–H and O–H groups in total. The molecule has 36 heavy (non-hydrogen) atoms. The molecule has 3 heterocycles. The van der Waals surface area contributed by atoms with E-state index in [1.54, 1.807) is 20.5 Å². The first-order valence-electron chi connectivity index (χ1n) is 12.1. The zero-order chi connectivity index (χ0) is 25.1. The van der Waals surface area contributed by atoms with E-state index in [0.29, 0.717) is 17.9 Å². The fourth-order valence-corrected chi connectivity index (χ4v) is 4.59. The molecule has 2 aromatic heterocycles. The van der Waals surface area contributed by atoms with Crippen LogP contribution in [-0.2, 0) is 11.3 Å². The molecule has 1 aliphatic heterocycles. The minimum Gasteiger partial charge on any atom is -0.497 e.